The molecule has 1 aromatic heterocycles. The first-order valence-corrected chi connectivity index (χ1v) is 13.7. The molecule has 1 aliphatic carbocycles. The van der Waals surface area contributed by atoms with Crippen LogP contribution in [0.1, 0.15) is 55.7 Å². The Hall–Kier alpha value is -3.90. The Morgan fingerprint density at radius 2 is 2.03 bits per heavy atom. The number of piperidine rings is 1. The van der Waals surface area contributed by atoms with Crippen molar-refractivity contribution in [2.75, 3.05) is 33.7 Å². The predicted molar refractivity (Wildman–Crippen MR) is 148 cm³/mol. The van der Waals surface area contributed by atoms with E-state index >= 15 is 0 Å². The second-order valence-electron chi connectivity index (χ2n) is 10.9. The third-order valence-corrected chi connectivity index (χ3v) is 7.75. The van der Waals surface area contributed by atoms with Gasteiger partial charge in [-0.05, 0) is 83.0 Å². The molecule has 9 heteroatoms. The molecule has 9 nitrogen and oxygen atoms in total. The van der Waals surface area contributed by atoms with E-state index in [0.717, 1.165) is 44.3 Å². The minimum atomic E-state index is -0.0316. The molecule has 3 aromatic rings. The zero-order valence-corrected chi connectivity index (χ0v) is 23.1. The van der Waals surface area contributed by atoms with Crippen LogP contribution in [0.25, 0.3) is 22.8 Å². The highest BCUT2D eigenvalue weighted by Crippen LogP contribution is 2.38. The fraction of sp³-hybridized carbons (Fsp3) is 0.467. The number of aromatic nitrogens is 2. The van der Waals surface area contributed by atoms with Crippen molar-refractivity contribution < 1.29 is 14.1 Å². The topological polar surface area (TPSA) is 108 Å². The van der Waals surface area contributed by atoms with E-state index in [1.807, 2.05) is 36.9 Å². The third-order valence-electron chi connectivity index (χ3n) is 7.75. The van der Waals surface area contributed by atoms with Crippen molar-refractivity contribution in [3.63, 3.8) is 0 Å². The molecule has 1 fully saturated rings. The summed E-state index contributed by atoms with van der Waals surface area (Å²) in [6.45, 7) is 6.05. The number of carbonyl (C=O) groups excluding carboxylic acids is 1. The number of fused-ring (bicyclic) bond motifs is 1. The fourth-order valence-electron chi connectivity index (χ4n) is 5.63. The molecule has 1 saturated heterocycles. The normalized spacial score (nSPS) is 17.4. The van der Waals surface area contributed by atoms with E-state index in [1.54, 1.807) is 12.1 Å². The van der Waals surface area contributed by atoms with Gasteiger partial charge in [-0.1, -0.05) is 23.4 Å². The number of ether oxygens (including phenoxy) is 1. The van der Waals surface area contributed by atoms with E-state index in [9.17, 15) is 10.1 Å². The number of nitrogens with one attached hydrogen (secondary N) is 1. The van der Waals surface area contributed by atoms with Gasteiger partial charge in [0, 0.05) is 42.7 Å². The van der Waals surface area contributed by atoms with Crippen molar-refractivity contribution in [2.24, 2.45) is 0 Å². The number of hydrogen-bond acceptors (Lipinski definition) is 7. The van der Waals surface area contributed by atoms with Gasteiger partial charge in [-0.25, -0.2) is 4.79 Å². The average molecular weight is 529 g/mol. The lowest BCUT2D eigenvalue weighted by Crippen LogP contribution is -2.48. The van der Waals surface area contributed by atoms with E-state index in [-0.39, 0.29) is 18.1 Å². The van der Waals surface area contributed by atoms with Gasteiger partial charge < -0.3 is 24.4 Å². The van der Waals surface area contributed by atoms with Gasteiger partial charge in [0.25, 0.3) is 5.89 Å². The van der Waals surface area contributed by atoms with Gasteiger partial charge >= 0.3 is 6.03 Å². The Labute approximate surface area is 229 Å². The van der Waals surface area contributed by atoms with Gasteiger partial charge in [-0.2, -0.15) is 10.2 Å². The number of likely N-dealkylation sites (tertiary alicyclic amines) is 1. The summed E-state index contributed by atoms with van der Waals surface area (Å²) in [5.74, 6) is 1.67. The largest absolute Gasteiger partial charge is 0.490 e. The maximum absolute atomic E-state index is 12.8. The number of nitrogens with zero attached hydrogens (tertiary/aromatic N) is 5. The van der Waals surface area contributed by atoms with Gasteiger partial charge in [0.05, 0.1) is 11.7 Å². The van der Waals surface area contributed by atoms with Crippen molar-refractivity contribution in [2.45, 2.75) is 57.6 Å². The molecule has 204 valence electrons. The summed E-state index contributed by atoms with van der Waals surface area (Å²) in [4.78, 5) is 21.7. The zero-order chi connectivity index (χ0) is 27.5. The first kappa shape index (κ1) is 26.7. The summed E-state index contributed by atoms with van der Waals surface area (Å²) >= 11 is 0. The molecule has 1 aliphatic heterocycles. The average Bonchev–Trinajstić information content (AvgIpc) is 3.59. The van der Waals surface area contributed by atoms with E-state index in [0.29, 0.717) is 41.2 Å². The SMILES string of the molecule is CC(C)Oc1ccc(-c2nc(-c3cccc4c3CCC4CNC(=O)N3CCC(N(C)C)CC3)no2)cc1C#N. The Morgan fingerprint density at radius 1 is 1.23 bits per heavy atom. The first-order chi connectivity index (χ1) is 18.8. The number of urea groups is 1. The number of nitriles is 1. The summed E-state index contributed by atoms with van der Waals surface area (Å²) in [5.41, 5.74) is 4.47. The van der Waals surface area contributed by atoms with Crippen LogP contribution in [0, 0.1) is 11.3 Å². The molecule has 2 amide bonds. The molecule has 5 rings (SSSR count). The number of carbonyl (C=O) groups is 1. The number of benzene rings is 2. The van der Waals surface area contributed by atoms with E-state index in [1.165, 1.54) is 11.1 Å². The molecule has 1 atom stereocenters. The first-order valence-electron chi connectivity index (χ1n) is 13.7. The molecule has 2 aliphatic rings. The number of rotatable bonds is 7. The second-order valence-corrected chi connectivity index (χ2v) is 10.9. The van der Waals surface area contributed by atoms with Crippen LogP contribution in [-0.2, 0) is 6.42 Å². The molecule has 1 unspecified atom stereocenters. The van der Waals surface area contributed by atoms with Crippen LogP contribution in [0.4, 0.5) is 4.79 Å². The van der Waals surface area contributed by atoms with Crippen molar-refractivity contribution >= 4 is 6.03 Å². The maximum atomic E-state index is 12.8. The fourth-order valence-corrected chi connectivity index (χ4v) is 5.63. The minimum absolute atomic E-state index is 0.0289. The summed E-state index contributed by atoms with van der Waals surface area (Å²) in [7, 11) is 4.21. The lowest BCUT2D eigenvalue weighted by molar-refractivity contribution is 0.148. The Balaban J connectivity index is 1.27. The second kappa shape index (κ2) is 11.5. The van der Waals surface area contributed by atoms with Crippen LogP contribution >= 0.6 is 0 Å². The van der Waals surface area contributed by atoms with Gasteiger partial charge in [-0.15, -0.1) is 0 Å². The summed E-state index contributed by atoms with van der Waals surface area (Å²) in [6, 6.07) is 14.2. The van der Waals surface area contributed by atoms with Gasteiger partial charge in [0.15, 0.2) is 0 Å². The molecule has 2 heterocycles. The molecular formula is C30H36N6O3. The smallest absolute Gasteiger partial charge is 0.317 e. The lowest BCUT2D eigenvalue weighted by Gasteiger charge is -2.35. The Bertz CT molecular complexity index is 1370. The minimum Gasteiger partial charge on any atom is -0.490 e. The predicted octanol–water partition coefficient (Wildman–Crippen LogP) is 4.83. The molecular weight excluding hydrogens is 492 g/mol. The van der Waals surface area contributed by atoms with E-state index in [2.05, 4.69) is 46.6 Å². The Morgan fingerprint density at radius 3 is 2.74 bits per heavy atom. The molecule has 39 heavy (non-hydrogen) atoms. The van der Waals surface area contributed by atoms with Crippen molar-refractivity contribution in [3.8, 4) is 34.7 Å². The summed E-state index contributed by atoms with van der Waals surface area (Å²) in [5, 5.41) is 17.0. The highest BCUT2D eigenvalue weighted by Gasteiger charge is 2.29. The Kier molecular flexibility index (Phi) is 7.84. The van der Waals surface area contributed by atoms with Gasteiger partial charge in [0.1, 0.15) is 11.8 Å². The standard InChI is InChI=1S/C30H36N6O3/c1-19(2)38-27-11-9-20(16-22(27)17-31)29-33-28(34-39-29)26-7-5-6-24-21(8-10-25(24)26)18-32-30(37)36-14-12-23(13-15-36)35(3)4/h5-7,9,11,16,19,21,23H,8,10,12-15,18H2,1-4H3,(H,32,37). The van der Waals surface area contributed by atoms with Crippen LogP contribution in [0.15, 0.2) is 40.9 Å². The number of amides is 2. The molecule has 2 aromatic carbocycles. The highest BCUT2D eigenvalue weighted by atomic mass is 16.5. The van der Waals surface area contributed by atoms with Gasteiger partial charge in [-0.3, -0.25) is 0 Å². The number of hydrogen-bond donors (Lipinski definition) is 1. The molecule has 1 N–H and O–H groups in total. The zero-order valence-electron chi connectivity index (χ0n) is 23.1. The van der Waals surface area contributed by atoms with Crippen LogP contribution in [0.3, 0.4) is 0 Å². The van der Waals surface area contributed by atoms with Crippen LogP contribution in [0.5, 0.6) is 5.75 Å². The summed E-state index contributed by atoms with van der Waals surface area (Å²) < 4.78 is 11.3. The molecule has 0 radical (unpaired) electrons. The maximum Gasteiger partial charge on any atom is 0.317 e. The van der Waals surface area contributed by atoms with Crippen LogP contribution < -0.4 is 10.1 Å². The molecule has 0 spiro atoms. The van der Waals surface area contributed by atoms with Crippen molar-refractivity contribution in [1.29, 1.82) is 5.26 Å². The lowest BCUT2D eigenvalue weighted by atomic mass is 9.98. The van der Waals surface area contributed by atoms with Gasteiger partial charge in [0.2, 0.25) is 5.82 Å². The quantitative estimate of drug-likeness (QED) is 0.468. The van der Waals surface area contributed by atoms with Crippen molar-refractivity contribution in [1.82, 2.24) is 25.3 Å². The van der Waals surface area contributed by atoms with Crippen molar-refractivity contribution in [3.05, 3.63) is 53.1 Å². The summed E-state index contributed by atoms with van der Waals surface area (Å²) in [6.07, 6.45) is 3.84. The molecule has 0 bridgehead atoms. The molecule has 0 saturated carbocycles. The van der Waals surface area contributed by atoms with Crippen LogP contribution in [-0.4, -0.2) is 71.8 Å². The third kappa shape index (κ3) is 5.76. The highest BCUT2D eigenvalue weighted by molar-refractivity contribution is 5.74. The van der Waals surface area contributed by atoms with E-state index < -0.39 is 0 Å². The van der Waals surface area contributed by atoms with E-state index in [4.69, 9.17) is 9.26 Å². The van der Waals surface area contributed by atoms with Crippen LogP contribution in [0.2, 0.25) is 0 Å². The monoisotopic (exact) mass is 528 g/mol.